The molecule has 180 valence electrons. The first-order valence-corrected chi connectivity index (χ1v) is 11.3. The van der Waals surface area contributed by atoms with Crippen molar-refractivity contribution in [3.8, 4) is 5.75 Å². The summed E-state index contributed by atoms with van der Waals surface area (Å²) >= 11 is 0. The van der Waals surface area contributed by atoms with Crippen molar-refractivity contribution < 1.29 is 14.6 Å². The van der Waals surface area contributed by atoms with E-state index in [1.54, 1.807) is 24.3 Å². The Morgan fingerprint density at radius 2 is 1.76 bits per heavy atom. The highest BCUT2D eigenvalue weighted by atomic mass is 16.5. The summed E-state index contributed by atoms with van der Waals surface area (Å²) in [5.41, 5.74) is 1.20. The van der Waals surface area contributed by atoms with E-state index in [0.717, 1.165) is 28.5 Å². The molecule has 0 unspecified atom stereocenters. The van der Waals surface area contributed by atoms with Crippen LogP contribution in [0.2, 0.25) is 0 Å². The van der Waals surface area contributed by atoms with Gasteiger partial charge in [-0.3, -0.25) is 14.3 Å². The number of hydrogen-bond acceptors (Lipinski definition) is 5. The number of nitrogens with zero attached hydrogens (tertiary/aromatic N) is 3. The Labute approximate surface area is 197 Å². The Bertz CT molecular complexity index is 1300. The van der Waals surface area contributed by atoms with Gasteiger partial charge in [-0.1, -0.05) is 43.2 Å². The Kier molecular flexibility index (Phi) is 8.24. The van der Waals surface area contributed by atoms with Crippen molar-refractivity contribution in [2.45, 2.75) is 59.2 Å². The molecule has 0 fully saturated rings. The summed E-state index contributed by atoms with van der Waals surface area (Å²) in [5, 5.41) is 8.98. The smallest absolute Gasteiger partial charge is 0.335 e. The van der Waals surface area contributed by atoms with Crippen LogP contribution in [-0.4, -0.2) is 31.3 Å². The standard InChI is InChI=1S/C25H30N4O5/c1-4-5-18(3)34-21-12-10-20(11-13-21)26-23-27-24(32)28(15-14-22(30)31)25(33)29(23)16-19-8-6-17(2)7-9-19/h6-13,18H,4-5,14-16H2,1-3H3,(H,30,31)(H,26,27,32)/t18-/m0/s1. The minimum Gasteiger partial charge on any atom is -0.491 e. The third-order valence-electron chi connectivity index (χ3n) is 5.30. The van der Waals surface area contributed by atoms with Crippen molar-refractivity contribution in [1.82, 2.24) is 14.1 Å². The van der Waals surface area contributed by atoms with Gasteiger partial charge in [0.1, 0.15) is 5.75 Å². The van der Waals surface area contributed by atoms with Gasteiger partial charge in [-0.15, -0.1) is 0 Å². The van der Waals surface area contributed by atoms with E-state index in [9.17, 15) is 14.4 Å². The van der Waals surface area contributed by atoms with Crippen LogP contribution >= 0.6 is 0 Å². The van der Waals surface area contributed by atoms with Crippen LogP contribution in [0.3, 0.4) is 0 Å². The molecular weight excluding hydrogens is 436 g/mol. The molecule has 1 aromatic heterocycles. The number of carboxylic acid groups (broad SMARTS) is 1. The second kappa shape index (κ2) is 11.3. The van der Waals surface area contributed by atoms with Crippen LogP contribution < -0.4 is 21.7 Å². The maximum absolute atomic E-state index is 13.2. The molecule has 34 heavy (non-hydrogen) atoms. The van der Waals surface area contributed by atoms with Crippen molar-refractivity contribution in [1.29, 1.82) is 0 Å². The molecule has 1 atom stereocenters. The quantitative estimate of drug-likeness (QED) is 0.476. The van der Waals surface area contributed by atoms with E-state index in [1.165, 1.54) is 4.57 Å². The summed E-state index contributed by atoms with van der Waals surface area (Å²) in [4.78, 5) is 43.8. The van der Waals surface area contributed by atoms with Crippen LogP contribution in [0.5, 0.6) is 5.75 Å². The molecule has 0 aliphatic rings. The molecule has 2 aromatic carbocycles. The Morgan fingerprint density at radius 3 is 2.38 bits per heavy atom. The first kappa shape index (κ1) is 24.8. The number of carboxylic acids is 1. The summed E-state index contributed by atoms with van der Waals surface area (Å²) in [6.07, 6.45) is 1.73. The highest BCUT2D eigenvalue weighted by Gasteiger charge is 2.11. The lowest BCUT2D eigenvalue weighted by Crippen LogP contribution is -2.50. The second-order valence-corrected chi connectivity index (χ2v) is 8.23. The van der Waals surface area contributed by atoms with Gasteiger partial charge < -0.3 is 9.84 Å². The van der Waals surface area contributed by atoms with Crippen molar-refractivity contribution in [3.63, 3.8) is 0 Å². The third-order valence-corrected chi connectivity index (χ3v) is 5.30. The summed E-state index contributed by atoms with van der Waals surface area (Å²) in [7, 11) is 0. The van der Waals surface area contributed by atoms with Crippen LogP contribution in [0.1, 0.15) is 44.2 Å². The van der Waals surface area contributed by atoms with Gasteiger partial charge in [-0.25, -0.2) is 19.1 Å². The van der Waals surface area contributed by atoms with E-state index >= 15 is 0 Å². The summed E-state index contributed by atoms with van der Waals surface area (Å²) in [6.45, 7) is 6.01. The lowest BCUT2D eigenvalue weighted by atomic mass is 10.1. The number of aromatic nitrogens is 3. The van der Waals surface area contributed by atoms with Crippen LogP contribution in [0.4, 0.5) is 5.69 Å². The van der Waals surface area contributed by atoms with E-state index in [4.69, 9.17) is 9.84 Å². The molecule has 3 rings (SSSR count). The summed E-state index contributed by atoms with van der Waals surface area (Å²) in [6, 6.07) is 14.7. The number of aliphatic carboxylic acids is 1. The number of H-pyrrole nitrogens is 1. The summed E-state index contributed by atoms with van der Waals surface area (Å²) in [5.74, 6) is -0.384. The molecule has 3 aromatic rings. The lowest BCUT2D eigenvalue weighted by Gasteiger charge is -2.13. The predicted molar refractivity (Wildman–Crippen MR) is 129 cm³/mol. The van der Waals surface area contributed by atoms with E-state index in [0.29, 0.717) is 11.4 Å². The molecule has 0 bridgehead atoms. The number of carbonyl (C=O) groups is 1. The maximum atomic E-state index is 13.2. The molecule has 0 aliphatic carbocycles. The van der Waals surface area contributed by atoms with Gasteiger partial charge in [0, 0.05) is 6.54 Å². The van der Waals surface area contributed by atoms with Gasteiger partial charge in [0.05, 0.1) is 24.8 Å². The fraction of sp³-hybridized carbons (Fsp3) is 0.360. The van der Waals surface area contributed by atoms with Gasteiger partial charge in [0.15, 0.2) is 0 Å². The Balaban J connectivity index is 2.03. The minimum atomic E-state index is -1.10. The van der Waals surface area contributed by atoms with Crippen molar-refractivity contribution in [3.05, 3.63) is 86.2 Å². The Morgan fingerprint density at radius 1 is 1.09 bits per heavy atom. The second-order valence-electron chi connectivity index (χ2n) is 8.23. The topological polar surface area (TPSA) is 119 Å². The van der Waals surface area contributed by atoms with Gasteiger partial charge in [-0.2, -0.15) is 0 Å². The number of benzene rings is 2. The van der Waals surface area contributed by atoms with Gasteiger partial charge in [0.25, 0.3) is 0 Å². The van der Waals surface area contributed by atoms with E-state index < -0.39 is 17.3 Å². The highest BCUT2D eigenvalue weighted by Crippen LogP contribution is 2.19. The average molecular weight is 467 g/mol. The van der Waals surface area contributed by atoms with Crippen molar-refractivity contribution in [2.24, 2.45) is 4.99 Å². The molecule has 0 saturated heterocycles. The van der Waals surface area contributed by atoms with Crippen molar-refractivity contribution >= 4 is 11.7 Å². The maximum Gasteiger partial charge on any atom is 0.335 e. The highest BCUT2D eigenvalue weighted by molar-refractivity contribution is 5.66. The fourth-order valence-corrected chi connectivity index (χ4v) is 3.48. The molecule has 0 radical (unpaired) electrons. The number of aromatic amines is 1. The van der Waals surface area contributed by atoms with Gasteiger partial charge in [0.2, 0.25) is 5.62 Å². The number of rotatable bonds is 10. The van der Waals surface area contributed by atoms with Crippen LogP contribution in [0, 0.1) is 6.92 Å². The first-order chi connectivity index (χ1) is 16.3. The fourth-order valence-electron chi connectivity index (χ4n) is 3.48. The zero-order valence-electron chi connectivity index (χ0n) is 19.7. The number of nitrogens with one attached hydrogen (secondary N) is 1. The predicted octanol–water partition coefficient (Wildman–Crippen LogP) is 2.97. The molecule has 9 heteroatoms. The van der Waals surface area contributed by atoms with Crippen LogP contribution in [-0.2, 0) is 17.9 Å². The van der Waals surface area contributed by atoms with Gasteiger partial charge >= 0.3 is 17.3 Å². The lowest BCUT2D eigenvalue weighted by molar-refractivity contribution is -0.137. The number of ether oxygens (including phenoxy) is 1. The molecule has 1 heterocycles. The molecule has 0 aliphatic heterocycles. The first-order valence-electron chi connectivity index (χ1n) is 11.3. The van der Waals surface area contributed by atoms with Crippen molar-refractivity contribution in [2.75, 3.05) is 0 Å². The van der Waals surface area contributed by atoms with E-state index in [-0.39, 0.29) is 31.2 Å². The average Bonchev–Trinajstić information content (AvgIpc) is 2.79. The zero-order valence-corrected chi connectivity index (χ0v) is 19.7. The number of aryl methyl sites for hydroxylation is 1. The van der Waals surface area contributed by atoms with E-state index in [2.05, 4.69) is 16.9 Å². The monoisotopic (exact) mass is 466 g/mol. The third kappa shape index (κ3) is 6.57. The normalized spacial score (nSPS) is 12.5. The van der Waals surface area contributed by atoms with E-state index in [1.807, 2.05) is 38.1 Å². The zero-order chi connectivity index (χ0) is 24.7. The molecule has 0 spiro atoms. The minimum absolute atomic E-state index is 0.0789. The van der Waals surface area contributed by atoms with Crippen LogP contribution in [0.15, 0.2) is 63.1 Å². The molecule has 9 nitrogen and oxygen atoms in total. The molecule has 0 amide bonds. The number of hydrogen-bond donors (Lipinski definition) is 2. The van der Waals surface area contributed by atoms with Crippen LogP contribution in [0.25, 0.3) is 0 Å². The molecule has 2 N–H and O–H groups in total. The SMILES string of the molecule is CCC[C@H](C)Oc1ccc(/N=c2\[nH]c(=O)n(CCC(=O)O)c(=O)n2Cc2ccc(C)cc2)cc1. The molecular formula is C25H30N4O5. The largest absolute Gasteiger partial charge is 0.491 e. The Hall–Kier alpha value is -3.88. The molecule has 0 saturated carbocycles. The summed E-state index contributed by atoms with van der Waals surface area (Å²) < 4.78 is 8.08. The van der Waals surface area contributed by atoms with Gasteiger partial charge in [-0.05, 0) is 50.1 Å².